The summed E-state index contributed by atoms with van der Waals surface area (Å²) < 4.78 is 7.03. The second-order valence-corrected chi connectivity index (χ2v) is 6.92. The van der Waals surface area contributed by atoms with Crippen LogP contribution in [0.4, 0.5) is 4.79 Å². The van der Waals surface area contributed by atoms with Gasteiger partial charge in [0.05, 0.1) is 18.7 Å². The third kappa shape index (κ3) is 4.30. The van der Waals surface area contributed by atoms with E-state index in [1.807, 2.05) is 36.6 Å². The van der Waals surface area contributed by atoms with Crippen LogP contribution in [0.5, 0.6) is 0 Å². The van der Waals surface area contributed by atoms with E-state index in [0.29, 0.717) is 22.2 Å². The molecule has 27 heavy (non-hydrogen) atoms. The molecule has 1 aromatic carbocycles. The highest BCUT2D eigenvalue weighted by Crippen LogP contribution is 2.25. The summed E-state index contributed by atoms with van der Waals surface area (Å²) in [7, 11) is 0. The van der Waals surface area contributed by atoms with Gasteiger partial charge in [0.15, 0.2) is 5.16 Å². The molecule has 3 rings (SSSR count). The largest absolute Gasteiger partial charge is 0.463 e. The molecule has 1 aliphatic rings. The maximum Gasteiger partial charge on any atom is 0.337 e. The lowest BCUT2D eigenvalue weighted by molar-refractivity contribution is -0.138. The summed E-state index contributed by atoms with van der Waals surface area (Å²) in [5, 5.41) is 14.4. The van der Waals surface area contributed by atoms with Gasteiger partial charge < -0.3 is 15.4 Å². The lowest BCUT2D eigenvalue weighted by Crippen LogP contribution is -2.44. The van der Waals surface area contributed by atoms with E-state index in [-0.39, 0.29) is 19.2 Å². The summed E-state index contributed by atoms with van der Waals surface area (Å²) in [5.41, 5.74) is 3.05. The summed E-state index contributed by atoms with van der Waals surface area (Å²) >= 11 is 1.40. The number of nitrogens with one attached hydrogen (secondary N) is 2. The maximum atomic E-state index is 12.1. The zero-order chi connectivity index (χ0) is 19.4. The Morgan fingerprint density at radius 1 is 1.33 bits per heavy atom. The van der Waals surface area contributed by atoms with Crippen molar-refractivity contribution in [3.63, 3.8) is 0 Å². The first-order valence-electron chi connectivity index (χ1n) is 8.55. The molecule has 8 nitrogen and oxygen atoms in total. The van der Waals surface area contributed by atoms with E-state index in [1.54, 1.807) is 6.92 Å². The van der Waals surface area contributed by atoms with Gasteiger partial charge in [0.25, 0.3) is 0 Å². The van der Waals surface area contributed by atoms with Gasteiger partial charge in [-0.1, -0.05) is 23.9 Å². The Hall–Kier alpha value is -2.81. The first kappa shape index (κ1) is 19.0. The second-order valence-electron chi connectivity index (χ2n) is 5.98. The van der Waals surface area contributed by atoms with Gasteiger partial charge in [-0.05, 0) is 38.5 Å². The first-order valence-corrected chi connectivity index (χ1v) is 9.54. The molecule has 0 spiro atoms. The number of carbonyl (C=O) groups excluding carboxylic acids is 2. The SMILES string of the molecule is CCOC(=O)C1=C(CSc2nnc(C)n2-c2cccc(C)c2)NC(=O)NC1. The van der Waals surface area contributed by atoms with Gasteiger partial charge >= 0.3 is 12.0 Å². The summed E-state index contributed by atoms with van der Waals surface area (Å²) in [6, 6.07) is 7.71. The molecule has 1 aromatic heterocycles. The Bertz CT molecular complexity index is 906. The molecule has 0 fully saturated rings. The predicted molar refractivity (Wildman–Crippen MR) is 102 cm³/mol. The number of carbonyl (C=O) groups is 2. The average molecular weight is 387 g/mol. The number of aryl methyl sites for hydroxylation is 2. The fourth-order valence-electron chi connectivity index (χ4n) is 2.71. The van der Waals surface area contributed by atoms with E-state index >= 15 is 0 Å². The molecular weight excluding hydrogens is 366 g/mol. The Kier molecular flexibility index (Phi) is 5.80. The molecule has 2 aromatic rings. The molecule has 9 heteroatoms. The van der Waals surface area contributed by atoms with Gasteiger partial charge in [-0.3, -0.25) is 4.57 Å². The van der Waals surface area contributed by atoms with Crippen LogP contribution in [0.25, 0.3) is 5.69 Å². The van der Waals surface area contributed by atoms with Gasteiger partial charge in [-0.25, -0.2) is 9.59 Å². The van der Waals surface area contributed by atoms with Crippen LogP contribution in [0.3, 0.4) is 0 Å². The van der Waals surface area contributed by atoms with Gasteiger partial charge in [0, 0.05) is 17.1 Å². The molecule has 0 saturated heterocycles. The van der Waals surface area contributed by atoms with E-state index in [0.717, 1.165) is 17.1 Å². The highest BCUT2D eigenvalue weighted by atomic mass is 32.2. The minimum absolute atomic E-state index is 0.143. The number of hydrogen-bond acceptors (Lipinski definition) is 6. The van der Waals surface area contributed by atoms with Gasteiger partial charge in [-0.15, -0.1) is 10.2 Å². The van der Waals surface area contributed by atoms with Crippen molar-refractivity contribution in [2.45, 2.75) is 25.9 Å². The quantitative estimate of drug-likeness (QED) is 0.582. The van der Waals surface area contributed by atoms with Gasteiger partial charge in [0.1, 0.15) is 5.82 Å². The standard InChI is InChI=1S/C18H21N5O3S/c1-4-26-16(24)14-9-19-17(25)20-15(14)10-27-18-22-21-12(3)23(18)13-7-5-6-11(2)8-13/h5-8H,4,9-10H2,1-3H3,(H2,19,20,25). The number of benzene rings is 1. The zero-order valence-corrected chi connectivity index (χ0v) is 16.2. The number of esters is 1. The van der Waals surface area contributed by atoms with Crippen molar-refractivity contribution in [2.24, 2.45) is 0 Å². The number of urea groups is 1. The fraction of sp³-hybridized carbons (Fsp3) is 0.333. The molecule has 1 aliphatic heterocycles. The van der Waals surface area contributed by atoms with Crippen molar-refractivity contribution in [1.82, 2.24) is 25.4 Å². The second kappa shape index (κ2) is 8.26. The molecular formula is C18H21N5O3S. The number of aromatic nitrogens is 3. The van der Waals surface area contributed by atoms with Crippen LogP contribution in [-0.2, 0) is 9.53 Å². The average Bonchev–Trinajstić information content (AvgIpc) is 3.00. The summed E-state index contributed by atoms with van der Waals surface area (Å²) in [6.07, 6.45) is 0. The Morgan fingerprint density at radius 2 is 2.15 bits per heavy atom. The topological polar surface area (TPSA) is 98.1 Å². The zero-order valence-electron chi connectivity index (χ0n) is 15.4. The number of thioether (sulfide) groups is 1. The summed E-state index contributed by atoms with van der Waals surface area (Å²) in [4.78, 5) is 23.8. The van der Waals surface area contributed by atoms with Crippen LogP contribution in [0.2, 0.25) is 0 Å². The summed E-state index contributed by atoms with van der Waals surface area (Å²) in [5.74, 6) is 0.694. The van der Waals surface area contributed by atoms with Crippen molar-refractivity contribution < 1.29 is 14.3 Å². The van der Waals surface area contributed by atoms with Crippen LogP contribution >= 0.6 is 11.8 Å². The number of amides is 2. The first-order chi connectivity index (χ1) is 13.0. The number of rotatable bonds is 6. The molecule has 2 amide bonds. The Labute approximate surface area is 161 Å². The Morgan fingerprint density at radius 3 is 2.89 bits per heavy atom. The number of nitrogens with zero attached hydrogens (tertiary/aromatic N) is 3. The molecule has 0 atom stereocenters. The molecule has 0 unspecified atom stereocenters. The van der Waals surface area contributed by atoms with E-state index in [4.69, 9.17) is 4.74 Å². The molecule has 0 aliphatic carbocycles. The van der Waals surface area contributed by atoms with Gasteiger partial charge in [-0.2, -0.15) is 0 Å². The van der Waals surface area contributed by atoms with Crippen LogP contribution in [0.1, 0.15) is 18.3 Å². The van der Waals surface area contributed by atoms with Crippen LogP contribution in [0, 0.1) is 13.8 Å². The number of ether oxygens (including phenoxy) is 1. The molecule has 142 valence electrons. The maximum absolute atomic E-state index is 12.1. The van der Waals surface area contributed by atoms with Crippen molar-refractivity contribution in [3.05, 3.63) is 46.9 Å². The lowest BCUT2D eigenvalue weighted by Gasteiger charge is -2.21. The highest BCUT2D eigenvalue weighted by molar-refractivity contribution is 7.99. The van der Waals surface area contributed by atoms with Crippen molar-refractivity contribution >= 4 is 23.8 Å². The Balaban J connectivity index is 1.85. The van der Waals surface area contributed by atoms with Crippen LogP contribution in [-0.4, -0.2) is 45.7 Å². The molecule has 2 heterocycles. The minimum atomic E-state index is -0.433. The van der Waals surface area contributed by atoms with E-state index in [9.17, 15) is 9.59 Å². The van der Waals surface area contributed by atoms with E-state index < -0.39 is 5.97 Å². The van der Waals surface area contributed by atoms with Crippen molar-refractivity contribution in [3.8, 4) is 5.69 Å². The van der Waals surface area contributed by atoms with Crippen LogP contribution in [0.15, 0.2) is 40.7 Å². The molecule has 0 saturated carbocycles. The molecule has 0 bridgehead atoms. The normalized spacial score (nSPS) is 14.0. The minimum Gasteiger partial charge on any atom is -0.463 e. The van der Waals surface area contributed by atoms with Crippen LogP contribution < -0.4 is 10.6 Å². The van der Waals surface area contributed by atoms with E-state index in [2.05, 4.69) is 26.9 Å². The smallest absolute Gasteiger partial charge is 0.337 e. The third-order valence-corrected chi connectivity index (χ3v) is 4.93. The van der Waals surface area contributed by atoms with Crippen molar-refractivity contribution in [1.29, 1.82) is 0 Å². The monoisotopic (exact) mass is 387 g/mol. The van der Waals surface area contributed by atoms with Crippen molar-refractivity contribution in [2.75, 3.05) is 18.9 Å². The van der Waals surface area contributed by atoms with Gasteiger partial charge in [0.2, 0.25) is 0 Å². The third-order valence-electron chi connectivity index (χ3n) is 3.98. The highest BCUT2D eigenvalue weighted by Gasteiger charge is 2.24. The predicted octanol–water partition coefficient (Wildman–Crippen LogP) is 2.11. The van der Waals surface area contributed by atoms with E-state index in [1.165, 1.54) is 11.8 Å². The molecule has 0 radical (unpaired) electrons. The fourth-order valence-corrected chi connectivity index (χ4v) is 3.69. The number of hydrogen-bond donors (Lipinski definition) is 2. The summed E-state index contributed by atoms with van der Waals surface area (Å²) in [6.45, 7) is 6.07. The molecule has 2 N–H and O–H groups in total. The lowest BCUT2D eigenvalue weighted by atomic mass is 10.2.